The van der Waals surface area contributed by atoms with Crippen molar-refractivity contribution in [2.45, 2.75) is 71.3 Å². The van der Waals surface area contributed by atoms with Gasteiger partial charge in [0.2, 0.25) is 4.80 Å². The van der Waals surface area contributed by atoms with Gasteiger partial charge in [-0.05, 0) is 19.8 Å². The lowest BCUT2D eigenvalue weighted by Gasteiger charge is -2.19. The summed E-state index contributed by atoms with van der Waals surface area (Å²) in [4.78, 5) is 5.74. The summed E-state index contributed by atoms with van der Waals surface area (Å²) in [6, 6.07) is 0.313. The second-order valence-corrected chi connectivity index (χ2v) is 8.91. The van der Waals surface area contributed by atoms with E-state index < -0.39 is 11.5 Å². The molecule has 0 unspecified atom stereocenters. The SMILES string of the molecule is C=CC(/C=N/n1c(C(C)(C)C)cs/c1=N\C1CCCCC1)=C(O)\C(O)=C(/C)O. The number of aromatic nitrogens is 1. The van der Waals surface area contributed by atoms with Gasteiger partial charge in [0.15, 0.2) is 11.5 Å². The maximum absolute atomic E-state index is 10.2. The lowest BCUT2D eigenvalue weighted by Crippen LogP contribution is -2.24. The highest BCUT2D eigenvalue weighted by Crippen LogP contribution is 2.24. The van der Waals surface area contributed by atoms with Crippen LogP contribution in [0.4, 0.5) is 0 Å². The molecular weight excluding hydrogens is 374 g/mol. The average molecular weight is 406 g/mol. The first-order valence-corrected chi connectivity index (χ1v) is 10.5. The number of rotatable bonds is 5. The summed E-state index contributed by atoms with van der Waals surface area (Å²) in [5, 5.41) is 36.0. The Bertz CT molecular complexity index is 856. The molecule has 1 saturated carbocycles. The molecule has 1 fully saturated rings. The summed E-state index contributed by atoms with van der Waals surface area (Å²) >= 11 is 1.56. The molecular formula is C21H31N3O3S. The normalized spacial score (nSPS) is 18.9. The van der Waals surface area contributed by atoms with E-state index in [2.05, 4.69) is 37.8 Å². The van der Waals surface area contributed by atoms with Crippen molar-refractivity contribution in [3.8, 4) is 0 Å². The largest absolute Gasteiger partial charge is 0.509 e. The molecule has 7 heteroatoms. The van der Waals surface area contributed by atoms with Gasteiger partial charge in [-0.2, -0.15) is 5.10 Å². The lowest BCUT2D eigenvalue weighted by atomic mass is 9.93. The molecule has 0 aromatic carbocycles. The Balaban J connectivity index is 2.53. The van der Waals surface area contributed by atoms with E-state index in [4.69, 9.17) is 4.99 Å². The highest BCUT2D eigenvalue weighted by Gasteiger charge is 2.21. The van der Waals surface area contributed by atoms with E-state index in [1.807, 2.05) is 0 Å². The molecule has 2 rings (SSSR count). The quantitative estimate of drug-likeness (QED) is 0.354. The van der Waals surface area contributed by atoms with Gasteiger partial charge in [-0.1, -0.05) is 52.7 Å². The van der Waals surface area contributed by atoms with Gasteiger partial charge in [0, 0.05) is 16.4 Å². The number of aliphatic hydroxyl groups is 3. The van der Waals surface area contributed by atoms with Crippen molar-refractivity contribution in [1.82, 2.24) is 4.68 Å². The molecule has 1 aliphatic carbocycles. The molecule has 3 N–H and O–H groups in total. The number of hydrogen-bond donors (Lipinski definition) is 3. The monoisotopic (exact) mass is 405 g/mol. The van der Waals surface area contributed by atoms with Crippen molar-refractivity contribution >= 4 is 17.6 Å². The molecule has 6 nitrogen and oxygen atoms in total. The minimum Gasteiger partial charge on any atom is -0.509 e. The van der Waals surface area contributed by atoms with Crippen LogP contribution in [0.15, 0.2) is 51.0 Å². The summed E-state index contributed by atoms with van der Waals surface area (Å²) in [5.74, 6) is -1.45. The number of allylic oxidation sites excluding steroid dienone is 3. The van der Waals surface area contributed by atoms with Crippen molar-refractivity contribution in [2.24, 2.45) is 10.1 Å². The van der Waals surface area contributed by atoms with E-state index in [-0.39, 0.29) is 16.7 Å². The fourth-order valence-electron chi connectivity index (χ4n) is 3.01. The molecule has 1 aromatic rings. The molecule has 1 aliphatic rings. The van der Waals surface area contributed by atoms with E-state index in [1.165, 1.54) is 38.5 Å². The summed E-state index contributed by atoms with van der Waals surface area (Å²) in [6.45, 7) is 11.3. The first-order chi connectivity index (χ1) is 13.1. The van der Waals surface area contributed by atoms with E-state index in [0.717, 1.165) is 23.3 Å². The smallest absolute Gasteiger partial charge is 0.206 e. The number of aliphatic hydroxyl groups excluding tert-OH is 3. The van der Waals surface area contributed by atoms with Crippen LogP contribution >= 0.6 is 11.3 Å². The van der Waals surface area contributed by atoms with Crippen LogP contribution in [-0.4, -0.2) is 32.3 Å². The highest BCUT2D eigenvalue weighted by atomic mass is 32.1. The summed E-state index contributed by atoms with van der Waals surface area (Å²) in [5.41, 5.74) is 1.07. The molecule has 0 spiro atoms. The van der Waals surface area contributed by atoms with Gasteiger partial charge in [-0.3, -0.25) is 4.99 Å². The zero-order valence-electron chi connectivity index (χ0n) is 17.1. The predicted octanol–water partition coefficient (Wildman–Crippen LogP) is 5.26. The average Bonchev–Trinajstić information content (AvgIpc) is 3.05. The molecule has 0 aliphatic heterocycles. The Kier molecular flexibility index (Phi) is 7.29. The van der Waals surface area contributed by atoms with Crippen LogP contribution in [0.5, 0.6) is 0 Å². The van der Waals surface area contributed by atoms with E-state index in [9.17, 15) is 15.3 Å². The first-order valence-electron chi connectivity index (χ1n) is 9.59. The Morgan fingerprint density at radius 1 is 1.18 bits per heavy atom. The zero-order chi connectivity index (χ0) is 20.9. The van der Waals surface area contributed by atoms with Gasteiger partial charge >= 0.3 is 0 Å². The van der Waals surface area contributed by atoms with Crippen LogP contribution < -0.4 is 4.80 Å². The fourth-order valence-corrected chi connectivity index (χ4v) is 4.13. The molecule has 1 heterocycles. The Morgan fingerprint density at radius 3 is 2.36 bits per heavy atom. The molecule has 28 heavy (non-hydrogen) atoms. The minimum absolute atomic E-state index is 0.141. The van der Waals surface area contributed by atoms with Gasteiger partial charge in [-0.15, -0.1) is 11.3 Å². The van der Waals surface area contributed by atoms with E-state index >= 15 is 0 Å². The molecule has 0 bridgehead atoms. The maximum Gasteiger partial charge on any atom is 0.206 e. The van der Waals surface area contributed by atoms with Crippen molar-refractivity contribution in [2.75, 3.05) is 0 Å². The van der Waals surface area contributed by atoms with Crippen molar-refractivity contribution in [3.63, 3.8) is 0 Å². The van der Waals surface area contributed by atoms with Crippen LogP contribution in [0.3, 0.4) is 0 Å². The third kappa shape index (κ3) is 5.38. The summed E-state index contributed by atoms with van der Waals surface area (Å²) in [7, 11) is 0. The molecule has 1 aromatic heterocycles. The minimum atomic E-state index is -0.597. The van der Waals surface area contributed by atoms with Crippen LogP contribution in [0, 0.1) is 0 Å². The van der Waals surface area contributed by atoms with E-state index in [1.54, 1.807) is 16.0 Å². The third-order valence-electron chi connectivity index (χ3n) is 4.69. The van der Waals surface area contributed by atoms with Crippen LogP contribution in [0.25, 0.3) is 0 Å². The van der Waals surface area contributed by atoms with Crippen LogP contribution in [0.1, 0.15) is 65.5 Å². The first kappa shape index (κ1) is 22.0. The Hall–Kier alpha value is -2.28. The molecule has 0 radical (unpaired) electrons. The molecule has 154 valence electrons. The van der Waals surface area contributed by atoms with Gasteiger partial charge in [0.05, 0.1) is 18.0 Å². The number of thiazole rings is 1. The predicted molar refractivity (Wildman–Crippen MR) is 115 cm³/mol. The van der Waals surface area contributed by atoms with Crippen molar-refractivity contribution in [3.05, 3.63) is 51.4 Å². The highest BCUT2D eigenvalue weighted by molar-refractivity contribution is 7.07. The topological polar surface area (TPSA) is 90.3 Å². The lowest BCUT2D eigenvalue weighted by molar-refractivity contribution is 0.284. The van der Waals surface area contributed by atoms with Gasteiger partial charge < -0.3 is 15.3 Å². The standard InChI is InChI=1S/C21H31N3O3S/c1-6-15(19(27)18(26)14(2)25)12-22-24-17(21(3,4)5)13-28-20(24)23-16-10-8-7-9-11-16/h6,12-13,16,25-27H,1,7-11H2,2-5H3/b18-14-,19-15-,22-12+,23-20-. The van der Waals surface area contributed by atoms with Gasteiger partial charge in [0.1, 0.15) is 5.76 Å². The fraction of sp³-hybridized carbons (Fsp3) is 0.524. The van der Waals surface area contributed by atoms with Crippen molar-refractivity contribution < 1.29 is 15.3 Å². The maximum atomic E-state index is 10.2. The second kappa shape index (κ2) is 9.28. The van der Waals surface area contributed by atoms with Gasteiger partial charge in [0.25, 0.3) is 0 Å². The second-order valence-electron chi connectivity index (χ2n) is 8.07. The molecule has 0 atom stereocenters. The third-order valence-corrected chi connectivity index (χ3v) is 5.52. The zero-order valence-corrected chi connectivity index (χ0v) is 18.0. The molecule has 0 saturated heterocycles. The number of hydrogen-bond acceptors (Lipinski definition) is 6. The summed E-state index contributed by atoms with van der Waals surface area (Å²) in [6.07, 6.45) is 8.68. The number of nitrogens with zero attached hydrogens (tertiary/aromatic N) is 3. The molecule has 0 amide bonds. The van der Waals surface area contributed by atoms with Crippen LogP contribution in [0.2, 0.25) is 0 Å². The Labute approximate surface area is 170 Å². The summed E-state index contributed by atoms with van der Waals surface area (Å²) < 4.78 is 1.79. The van der Waals surface area contributed by atoms with Crippen LogP contribution in [-0.2, 0) is 5.41 Å². The van der Waals surface area contributed by atoms with Gasteiger partial charge in [-0.25, -0.2) is 4.68 Å². The van der Waals surface area contributed by atoms with Crippen molar-refractivity contribution in [1.29, 1.82) is 0 Å². The van der Waals surface area contributed by atoms with E-state index in [0.29, 0.717) is 6.04 Å². The Morgan fingerprint density at radius 2 is 1.82 bits per heavy atom.